The van der Waals surface area contributed by atoms with E-state index in [9.17, 15) is 37.9 Å². The molecular formula is C36H52F2N6O10. The number of likely N-dealkylation sites (N-methyl/N-ethyl adjacent to an activating group) is 1. The molecule has 1 aliphatic carbocycles. The number of aliphatic hydroxyl groups is 1. The molecule has 1 aromatic carbocycles. The van der Waals surface area contributed by atoms with Crippen LogP contribution >= 0.6 is 0 Å². The van der Waals surface area contributed by atoms with Crippen LogP contribution in [-0.4, -0.2) is 157 Å². The monoisotopic (exact) mass is 766 g/mol. The van der Waals surface area contributed by atoms with Crippen molar-refractivity contribution in [1.82, 2.24) is 29.9 Å². The van der Waals surface area contributed by atoms with Gasteiger partial charge in [-0.25, -0.2) is 13.6 Å². The standard InChI is InChI=1S/C36H52F2N6O10/c1-23(41(2)36(50)51)32(46)40-30(24-7-5-4-6-8-24)34(48)43-10-12-44(13-11-43)35(49)31-29(25-21-26(37)27(38)22-28(25)42(31)3)33(47)39-9-15-52-17-19-54-20-18-53-16-14-45/h21-24,30,45H,4-20H2,1-3H3,(H,39,47)(H,40,46)(H,50,51)/t23-,30-/m0/s1. The van der Waals surface area contributed by atoms with E-state index < -0.39 is 47.5 Å². The van der Waals surface area contributed by atoms with Crippen molar-refractivity contribution in [3.63, 3.8) is 0 Å². The zero-order valence-corrected chi connectivity index (χ0v) is 31.1. The minimum absolute atomic E-state index is 0.0526. The Morgan fingerprint density at radius 1 is 0.889 bits per heavy atom. The maximum Gasteiger partial charge on any atom is 0.407 e. The van der Waals surface area contributed by atoms with Crippen LogP contribution in [0.4, 0.5) is 13.6 Å². The molecule has 2 fully saturated rings. The third kappa shape index (κ3) is 10.6. The number of carboxylic acid groups (broad SMARTS) is 1. The Labute approximate surface area is 312 Å². The minimum atomic E-state index is -1.27. The molecule has 2 aromatic rings. The van der Waals surface area contributed by atoms with Crippen molar-refractivity contribution >= 4 is 40.6 Å². The topological polar surface area (TPSA) is 192 Å². The number of carbonyl (C=O) groups excluding carboxylic acids is 4. The first-order valence-electron chi connectivity index (χ1n) is 18.3. The van der Waals surface area contributed by atoms with Crippen LogP contribution in [0.15, 0.2) is 12.1 Å². The molecule has 4 N–H and O–H groups in total. The third-order valence-electron chi connectivity index (χ3n) is 10.0. The average molecular weight is 767 g/mol. The number of ether oxygens (including phenoxy) is 3. The molecule has 300 valence electrons. The first-order valence-corrected chi connectivity index (χ1v) is 18.3. The lowest BCUT2D eigenvalue weighted by molar-refractivity contribution is -0.140. The van der Waals surface area contributed by atoms with E-state index in [4.69, 9.17) is 19.3 Å². The van der Waals surface area contributed by atoms with E-state index in [2.05, 4.69) is 10.6 Å². The number of amides is 5. The number of nitrogens with zero attached hydrogens (tertiary/aromatic N) is 4. The zero-order valence-electron chi connectivity index (χ0n) is 31.1. The molecule has 1 saturated heterocycles. The van der Waals surface area contributed by atoms with Crippen molar-refractivity contribution in [2.75, 3.05) is 86.0 Å². The molecule has 1 aliphatic heterocycles. The molecule has 1 saturated carbocycles. The number of halogens is 2. The molecule has 54 heavy (non-hydrogen) atoms. The summed E-state index contributed by atoms with van der Waals surface area (Å²) < 4.78 is 46.2. The molecule has 2 atom stereocenters. The van der Waals surface area contributed by atoms with Gasteiger partial charge in [0.1, 0.15) is 17.8 Å². The quantitative estimate of drug-likeness (QED) is 0.162. The summed E-state index contributed by atoms with van der Waals surface area (Å²) in [5, 5.41) is 23.6. The Bertz CT molecular complexity index is 1630. The lowest BCUT2D eigenvalue weighted by atomic mass is 9.83. The molecule has 0 spiro atoms. The molecule has 4 rings (SSSR count). The average Bonchev–Trinajstić information content (AvgIpc) is 3.45. The summed E-state index contributed by atoms with van der Waals surface area (Å²) >= 11 is 0. The van der Waals surface area contributed by atoms with Crippen LogP contribution in [-0.2, 0) is 30.8 Å². The summed E-state index contributed by atoms with van der Waals surface area (Å²) in [6.45, 7) is 3.36. The lowest BCUT2D eigenvalue weighted by Crippen LogP contribution is -2.59. The summed E-state index contributed by atoms with van der Waals surface area (Å²) in [6.07, 6.45) is 3.01. The van der Waals surface area contributed by atoms with Crippen LogP contribution in [0.2, 0.25) is 0 Å². The van der Waals surface area contributed by atoms with Crippen molar-refractivity contribution in [2.45, 2.75) is 51.1 Å². The number of aliphatic hydroxyl groups excluding tert-OH is 1. The number of benzene rings is 1. The predicted molar refractivity (Wildman–Crippen MR) is 191 cm³/mol. The van der Waals surface area contributed by atoms with Gasteiger partial charge in [-0.1, -0.05) is 19.3 Å². The summed E-state index contributed by atoms with van der Waals surface area (Å²) in [5.41, 5.74) is -0.0584. The second-order valence-electron chi connectivity index (χ2n) is 13.5. The van der Waals surface area contributed by atoms with E-state index in [1.54, 1.807) is 4.90 Å². The van der Waals surface area contributed by atoms with Gasteiger partial charge in [0.05, 0.1) is 57.3 Å². The normalized spacial score (nSPS) is 16.3. The van der Waals surface area contributed by atoms with Gasteiger partial charge in [-0.2, -0.15) is 0 Å². The van der Waals surface area contributed by atoms with Gasteiger partial charge < -0.3 is 49.4 Å². The molecule has 1 aromatic heterocycles. The van der Waals surface area contributed by atoms with Gasteiger partial charge in [-0.05, 0) is 31.7 Å². The zero-order chi connectivity index (χ0) is 39.4. The Balaban J connectivity index is 1.43. The van der Waals surface area contributed by atoms with Gasteiger partial charge in [-0.3, -0.25) is 24.1 Å². The number of rotatable bonds is 18. The first kappa shape index (κ1) is 42.4. The highest BCUT2D eigenvalue weighted by molar-refractivity contribution is 6.16. The van der Waals surface area contributed by atoms with Crippen LogP contribution in [0, 0.1) is 17.6 Å². The molecular weight excluding hydrogens is 714 g/mol. The van der Waals surface area contributed by atoms with Crippen LogP contribution in [0.25, 0.3) is 10.9 Å². The van der Waals surface area contributed by atoms with Crippen molar-refractivity contribution in [3.05, 3.63) is 35.0 Å². The Kier molecular flexibility index (Phi) is 15.9. The van der Waals surface area contributed by atoms with Gasteiger partial charge in [0.15, 0.2) is 11.6 Å². The van der Waals surface area contributed by atoms with E-state index in [1.807, 2.05) is 0 Å². The molecule has 5 amide bonds. The third-order valence-corrected chi connectivity index (χ3v) is 10.0. The number of hydrogen-bond acceptors (Lipinski definition) is 9. The number of aromatic nitrogens is 1. The largest absolute Gasteiger partial charge is 0.465 e. The highest BCUT2D eigenvalue weighted by atomic mass is 19.2. The van der Waals surface area contributed by atoms with Gasteiger partial charge in [0, 0.05) is 58.3 Å². The fourth-order valence-electron chi connectivity index (χ4n) is 6.78. The number of hydrogen-bond donors (Lipinski definition) is 4. The maximum absolute atomic E-state index is 14.5. The SMILES string of the molecule is C[C@@H](C(=O)N[C@H](C(=O)N1CCN(C(=O)c2c(C(=O)NCCOCCOCCOCCO)c3cc(F)c(F)cc3n2C)CC1)C1CCCCC1)N(C)C(=O)O. The highest BCUT2D eigenvalue weighted by Gasteiger charge is 2.38. The predicted octanol–water partition coefficient (Wildman–Crippen LogP) is 1.58. The van der Waals surface area contributed by atoms with E-state index in [-0.39, 0.29) is 99.7 Å². The second-order valence-corrected chi connectivity index (χ2v) is 13.5. The number of piperazine rings is 1. The summed E-state index contributed by atoms with van der Waals surface area (Å²) in [7, 11) is 2.77. The number of aryl methyl sites for hydroxylation is 1. The van der Waals surface area contributed by atoms with Gasteiger partial charge in [0.2, 0.25) is 11.8 Å². The smallest absolute Gasteiger partial charge is 0.407 e. The highest BCUT2D eigenvalue weighted by Crippen LogP contribution is 2.30. The second kappa shape index (κ2) is 20.3. The van der Waals surface area contributed by atoms with Crippen LogP contribution < -0.4 is 10.6 Å². The van der Waals surface area contributed by atoms with Gasteiger partial charge >= 0.3 is 6.09 Å². The Morgan fingerprint density at radius 2 is 1.46 bits per heavy atom. The fraction of sp³-hybridized carbons (Fsp3) is 0.639. The van der Waals surface area contributed by atoms with Crippen molar-refractivity contribution in [2.24, 2.45) is 13.0 Å². The molecule has 0 radical (unpaired) electrons. The minimum Gasteiger partial charge on any atom is -0.465 e. The Morgan fingerprint density at radius 3 is 2.07 bits per heavy atom. The van der Waals surface area contributed by atoms with E-state index >= 15 is 0 Å². The molecule has 0 bridgehead atoms. The van der Waals surface area contributed by atoms with Crippen molar-refractivity contribution in [3.8, 4) is 0 Å². The number of nitrogens with one attached hydrogen (secondary N) is 2. The maximum atomic E-state index is 14.5. The van der Waals surface area contributed by atoms with Crippen molar-refractivity contribution in [1.29, 1.82) is 0 Å². The van der Waals surface area contributed by atoms with Crippen LogP contribution in [0.3, 0.4) is 0 Å². The van der Waals surface area contributed by atoms with Gasteiger partial charge in [0.25, 0.3) is 11.8 Å². The molecule has 16 nitrogen and oxygen atoms in total. The van der Waals surface area contributed by atoms with Gasteiger partial charge in [-0.15, -0.1) is 0 Å². The molecule has 2 aliphatic rings. The van der Waals surface area contributed by atoms with E-state index in [1.165, 1.54) is 30.5 Å². The molecule has 2 heterocycles. The lowest BCUT2D eigenvalue weighted by Gasteiger charge is -2.39. The fourth-order valence-corrected chi connectivity index (χ4v) is 6.78. The molecule has 18 heteroatoms. The van der Waals surface area contributed by atoms with Crippen molar-refractivity contribution < 1.29 is 57.2 Å². The Hall–Kier alpha value is -4.39. The molecule has 0 unspecified atom stereocenters. The summed E-state index contributed by atoms with van der Waals surface area (Å²) in [4.78, 5) is 70.1. The first-order chi connectivity index (χ1) is 25.9. The van der Waals surface area contributed by atoms with E-state index in [0.717, 1.165) is 49.1 Å². The van der Waals surface area contributed by atoms with E-state index in [0.29, 0.717) is 13.2 Å². The number of carbonyl (C=O) groups is 5. The van der Waals surface area contributed by atoms with Crippen LogP contribution in [0.5, 0.6) is 0 Å². The number of fused-ring (bicyclic) bond motifs is 1. The summed E-state index contributed by atoms with van der Waals surface area (Å²) in [5.74, 6) is -4.59. The summed E-state index contributed by atoms with van der Waals surface area (Å²) in [6, 6.07) is -0.0652. The van der Waals surface area contributed by atoms with Crippen LogP contribution in [0.1, 0.15) is 59.9 Å².